The van der Waals surface area contributed by atoms with Crippen LogP contribution in [0.4, 0.5) is 18.0 Å². The number of rotatable bonds is 13. The van der Waals surface area contributed by atoms with E-state index in [0.29, 0.717) is 6.61 Å². The molecular formula is C25H34F3NO8SSi. The largest absolute Gasteiger partial charge is 0.573 e. The van der Waals surface area contributed by atoms with Gasteiger partial charge in [0.05, 0.1) is 36.5 Å². The standard InChI is InChI=1S/C25H34F3NO8SSi/c1-24(2,3)39(4,5)35-15-14-34-16-18(29-23(30)31)17-38(32,33)22-12-10-20(11-13-22)36-19-6-8-21(9-7-19)37-25(26,27)28/h6-13,18,29H,14-17H2,1-5H3,(H,30,31). The fraction of sp³-hybridized carbons (Fsp3) is 0.480. The zero-order chi connectivity index (χ0) is 29.5. The van der Waals surface area contributed by atoms with E-state index in [1.165, 1.54) is 36.4 Å². The summed E-state index contributed by atoms with van der Waals surface area (Å²) in [4.78, 5) is 11.1. The summed E-state index contributed by atoms with van der Waals surface area (Å²) in [5.41, 5.74) is 0. The van der Waals surface area contributed by atoms with Crippen molar-refractivity contribution >= 4 is 24.2 Å². The lowest BCUT2D eigenvalue weighted by atomic mass is 10.2. The molecular weight excluding hydrogens is 559 g/mol. The van der Waals surface area contributed by atoms with E-state index in [9.17, 15) is 26.4 Å². The Hall–Kier alpha value is -2.81. The van der Waals surface area contributed by atoms with Gasteiger partial charge in [-0.15, -0.1) is 13.2 Å². The highest BCUT2D eigenvalue weighted by molar-refractivity contribution is 7.91. The smallest absolute Gasteiger partial charge is 0.465 e. The molecule has 0 bridgehead atoms. The number of amides is 1. The molecule has 0 aromatic heterocycles. The van der Waals surface area contributed by atoms with E-state index < -0.39 is 48.2 Å². The van der Waals surface area contributed by atoms with Gasteiger partial charge in [0, 0.05) is 0 Å². The fourth-order valence-electron chi connectivity index (χ4n) is 3.03. The van der Waals surface area contributed by atoms with Crippen LogP contribution in [0.2, 0.25) is 18.1 Å². The van der Waals surface area contributed by atoms with Crippen molar-refractivity contribution in [2.75, 3.05) is 25.6 Å². The number of hydrogen-bond donors (Lipinski definition) is 2. The van der Waals surface area contributed by atoms with Crippen molar-refractivity contribution in [3.63, 3.8) is 0 Å². The number of halogens is 3. The summed E-state index contributed by atoms with van der Waals surface area (Å²) in [5.74, 6) is -0.499. The maximum absolute atomic E-state index is 12.9. The van der Waals surface area contributed by atoms with E-state index >= 15 is 0 Å². The van der Waals surface area contributed by atoms with Crippen LogP contribution in [0.25, 0.3) is 0 Å². The van der Waals surface area contributed by atoms with E-state index in [2.05, 4.69) is 43.9 Å². The normalized spacial score (nSPS) is 13.5. The van der Waals surface area contributed by atoms with Gasteiger partial charge in [-0.05, 0) is 66.7 Å². The average molecular weight is 594 g/mol. The lowest BCUT2D eigenvalue weighted by Gasteiger charge is -2.36. The number of nitrogens with one attached hydrogen (secondary N) is 1. The molecule has 1 unspecified atom stereocenters. The van der Waals surface area contributed by atoms with Crippen LogP contribution >= 0.6 is 0 Å². The number of carboxylic acid groups (broad SMARTS) is 1. The molecule has 0 radical (unpaired) electrons. The Balaban J connectivity index is 1.96. The monoisotopic (exact) mass is 593 g/mol. The molecule has 218 valence electrons. The van der Waals surface area contributed by atoms with Gasteiger partial charge in [-0.1, -0.05) is 20.8 Å². The molecule has 9 nitrogen and oxygen atoms in total. The van der Waals surface area contributed by atoms with Crippen molar-refractivity contribution in [1.29, 1.82) is 0 Å². The van der Waals surface area contributed by atoms with Crippen LogP contribution in [0.3, 0.4) is 0 Å². The van der Waals surface area contributed by atoms with Crippen molar-refractivity contribution in [2.45, 2.75) is 56.2 Å². The van der Waals surface area contributed by atoms with Crippen molar-refractivity contribution in [3.05, 3.63) is 48.5 Å². The maximum Gasteiger partial charge on any atom is 0.573 e. The molecule has 39 heavy (non-hydrogen) atoms. The Morgan fingerprint density at radius 2 is 1.46 bits per heavy atom. The highest BCUT2D eigenvalue weighted by Gasteiger charge is 2.37. The summed E-state index contributed by atoms with van der Waals surface area (Å²) in [5, 5.41) is 11.3. The van der Waals surface area contributed by atoms with Crippen LogP contribution in [-0.4, -0.2) is 65.9 Å². The summed E-state index contributed by atoms with van der Waals surface area (Å²) < 4.78 is 83.6. The molecule has 2 aromatic rings. The fourth-order valence-corrected chi connectivity index (χ4v) is 5.50. The molecule has 1 amide bonds. The molecule has 0 heterocycles. The van der Waals surface area contributed by atoms with Crippen LogP contribution in [-0.2, 0) is 19.0 Å². The number of sulfone groups is 1. The maximum atomic E-state index is 12.9. The minimum absolute atomic E-state index is 0.0191. The van der Waals surface area contributed by atoms with Gasteiger partial charge < -0.3 is 29.1 Å². The van der Waals surface area contributed by atoms with E-state index in [4.69, 9.17) is 19.0 Å². The van der Waals surface area contributed by atoms with E-state index in [1.807, 2.05) is 0 Å². The molecule has 0 saturated carbocycles. The topological polar surface area (TPSA) is 120 Å². The van der Waals surface area contributed by atoms with Gasteiger partial charge in [-0.25, -0.2) is 13.2 Å². The van der Waals surface area contributed by atoms with Crippen molar-refractivity contribution in [2.24, 2.45) is 0 Å². The molecule has 0 fully saturated rings. The summed E-state index contributed by atoms with van der Waals surface area (Å²) >= 11 is 0. The quantitative estimate of drug-likeness (QED) is 0.220. The van der Waals surface area contributed by atoms with Crippen molar-refractivity contribution < 1.29 is 50.1 Å². The third-order valence-electron chi connectivity index (χ3n) is 6.04. The molecule has 0 spiro atoms. The summed E-state index contributed by atoms with van der Waals surface area (Å²) in [6, 6.07) is 9.01. The second-order valence-electron chi connectivity index (χ2n) is 10.2. The molecule has 1 atom stereocenters. The van der Waals surface area contributed by atoms with Crippen LogP contribution in [0.1, 0.15) is 20.8 Å². The molecule has 2 aromatic carbocycles. The lowest BCUT2D eigenvalue weighted by molar-refractivity contribution is -0.274. The molecule has 2 rings (SSSR count). The Kier molecular flexibility index (Phi) is 10.8. The predicted molar refractivity (Wildman–Crippen MR) is 141 cm³/mol. The highest BCUT2D eigenvalue weighted by atomic mass is 32.2. The van der Waals surface area contributed by atoms with Crippen LogP contribution in [0.5, 0.6) is 17.2 Å². The average Bonchev–Trinajstić information content (AvgIpc) is 2.78. The number of hydrogen-bond acceptors (Lipinski definition) is 7. The van der Waals surface area contributed by atoms with Gasteiger partial charge in [0.15, 0.2) is 18.2 Å². The summed E-state index contributed by atoms with van der Waals surface area (Å²) in [6.45, 7) is 10.8. The Labute approximate surface area is 227 Å². The minimum atomic E-state index is -4.81. The first-order valence-electron chi connectivity index (χ1n) is 12.0. The zero-order valence-electron chi connectivity index (χ0n) is 22.4. The number of ether oxygens (including phenoxy) is 3. The lowest BCUT2D eigenvalue weighted by Crippen LogP contribution is -2.43. The molecule has 0 saturated heterocycles. The third-order valence-corrected chi connectivity index (χ3v) is 12.4. The van der Waals surface area contributed by atoms with Crippen molar-refractivity contribution in [1.82, 2.24) is 5.32 Å². The van der Waals surface area contributed by atoms with Crippen LogP contribution in [0.15, 0.2) is 53.4 Å². The highest BCUT2D eigenvalue weighted by Crippen LogP contribution is 2.36. The zero-order valence-corrected chi connectivity index (χ0v) is 24.2. The number of benzene rings is 2. The second-order valence-corrected chi connectivity index (χ2v) is 17.0. The van der Waals surface area contributed by atoms with Gasteiger partial charge in [-0.3, -0.25) is 0 Å². The Morgan fingerprint density at radius 3 is 1.95 bits per heavy atom. The molecule has 2 N–H and O–H groups in total. The molecule has 0 aliphatic rings. The van der Waals surface area contributed by atoms with Gasteiger partial charge in [0.2, 0.25) is 0 Å². The van der Waals surface area contributed by atoms with Gasteiger partial charge >= 0.3 is 12.5 Å². The molecule has 0 aliphatic heterocycles. The van der Waals surface area contributed by atoms with E-state index in [1.54, 1.807) is 0 Å². The van der Waals surface area contributed by atoms with E-state index in [-0.39, 0.29) is 34.6 Å². The minimum Gasteiger partial charge on any atom is -0.465 e. The first kappa shape index (κ1) is 32.4. The van der Waals surface area contributed by atoms with Crippen LogP contribution in [0, 0.1) is 0 Å². The van der Waals surface area contributed by atoms with Crippen molar-refractivity contribution in [3.8, 4) is 17.2 Å². The van der Waals surface area contributed by atoms with Gasteiger partial charge in [0.1, 0.15) is 17.2 Å². The number of alkyl halides is 3. The van der Waals surface area contributed by atoms with E-state index in [0.717, 1.165) is 12.1 Å². The van der Waals surface area contributed by atoms with Gasteiger partial charge in [0.25, 0.3) is 0 Å². The summed E-state index contributed by atoms with van der Waals surface area (Å²) in [7, 11) is -5.89. The van der Waals surface area contributed by atoms with Gasteiger partial charge in [-0.2, -0.15) is 0 Å². The molecule has 0 aliphatic carbocycles. The number of carbonyl (C=O) groups is 1. The predicted octanol–water partition coefficient (Wildman–Crippen LogP) is 5.83. The SMILES string of the molecule is CC(C)(C)[Si](C)(C)OCCOCC(CS(=O)(=O)c1ccc(Oc2ccc(OC(F)(F)F)cc2)cc1)NC(=O)O. The second kappa shape index (κ2) is 13.0. The first-order valence-corrected chi connectivity index (χ1v) is 16.5. The first-order chi connectivity index (χ1) is 17.9. The Morgan fingerprint density at radius 1 is 0.949 bits per heavy atom. The van der Waals surface area contributed by atoms with Crippen LogP contribution < -0.4 is 14.8 Å². The molecule has 14 heteroatoms. The summed E-state index contributed by atoms with van der Waals surface area (Å²) in [6.07, 6.45) is -6.19. The third kappa shape index (κ3) is 11.1. The Bertz CT molecular complexity index is 1180.